The average Bonchev–Trinajstić information content (AvgIpc) is 3.58. The van der Waals surface area contributed by atoms with E-state index in [2.05, 4.69) is 43.5 Å². The highest BCUT2D eigenvalue weighted by atomic mass is 16.5. The molecule has 0 fully saturated rings. The molecule has 6 heteroatoms. The lowest BCUT2D eigenvalue weighted by Crippen LogP contribution is -2.45. The van der Waals surface area contributed by atoms with Gasteiger partial charge in [0.1, 0.15) is 0 Å². The zero-order chi connectivity index (χ0) is 64.9. The van der Waals surface area contributed by atoms with Crippen LogP contribution in [0.4, 0.5) is 0 Å². The van der Waals surface area contributed by atoms with E-state index in [9.17, 15) is 19.8 Å². The van der Waals surface area contributed by atoms with Gasteiger partial charge < -0.3 is 20.3 Å². The number of amides is 1. The monoisotopic (exact) mass is 1260 g/mol. The Hall–Kier alpha value is -1.92. The van der Waals surface area contributed by atoms with E-state index in [1.54, 1.807) is 6.08 Å². The predicted octanol–water partition coefficient (Wildman–Crippen LogP) is 27.4. The van der Waals surface area contributed by atoms with Crippen molar-refractivity contribution in [2.24, 2.45) is 0 Å². The maximum Gasteiger partial charge on any atom is 0.305 e. The van der Waals surface area contributed by atoms with Gasteiger partial charge in [-0.2, -0.15) is 0 Å². The van der Waals surface area contributed by atoms with E-state index in [0.29, 0.717) is 19.4 Å². The van der Waals surface area contributed by atoms with Crippen LogP contribution < -0.4 is 5.32 Å². The Balaban J connectivity index is 3.37. The number of allylic oxidation sites excluding steroid dienone is 5. The van der Waals surface area contributed by atoms with Crippen LogP contribution in [0.25, 0.3) is 0 Å². The molecular weight excluding hydrogens is 1100 g/mol. The van der Waals surface area contributed by atoms with Crippen molar-refractivity contribution in [1.82, 2.24) is 5.32 Å². The second-order valence-corrected chi connectivity index (χ2v) is 28.5. The smallest absolute Gasteiger partial charge is 0.305 e. The van der Waals surface area contributed by atoms with Gasteiger partial charge in [-0.3, -0.25) is 9.59 Å². The zero-order valence-electron chi connectivity index (χ0n) is 61.1. The second-order valence-electron chi connectivity index (χ2n) is 28.5. The molecule has 2 atom stereocenters. The van der Waals surface area contributed by atoms with E-state index in [0.717, 1.165) is 44.9 Å². The molecule has 0 aliphatic rings. The van der Waals surface area contributed by atoms with Gasteiger partial charge in [0.25, 0.3) is 0 Å². The van der Waals surface area contributed by atoms with Crippen LogP contribution in [0.5, 0.6) is 0 Å². The second kappa shape index (κ2) is 79.5. The van der Waals surface area contributed by atoms with Crippen LogP contribution in [-0.2, 0) is 14.3 Å². The molecule has 0 rings (SSSR count). The fourth-order valence-corrected chi connectivity index (χ4v) is 13.1. The van der Waals surface area contributed by atoms with Crippen molar-refractivity contribution in [3.05, 3.63) is 36.5 Å². The minimum Gasteiger partial charge on any atom is -0.466 e. The summed E-state index contributed by atoms with van der Waals surface area (Å²) in [6.45, 7) is 4.96. The third-order valence-electron chi connectivity index (χ3n) is 19.4. The fraction of sp³-hybridized carbons (Fsp3) is 0.905. The SMILES string of the molecule is CCCCCCCCCCCCCCCCCCCC/C=C/C(O)C(CO)NC(=O)CCCCCCCCCCCCCCCCCCC/C=C\C/C=C\CCCCCCCCCCCCCCCOC(=O)CCCCCCCCCCCCCCCCCC. The minimum atomic E-state index is -0.844. The summed E-state index contributed by atoms with van der Waals surface area (Å²) in [5.74, 6) is -0.0379. The molecule has 0 aliphatic carbocycles. The van der Waals surface area contributed by atoms with Crippen LogP contribution in [0, 0.1) is 0 Å². The highest BCUT2D eigenvalue weighted by molar-refractivity contribution is 5.76. The molecule has 0 heterocycles. The highest BCUT2D eigenvalue weighted by Crippen LogP contribution is 2.20. The van der Waals surface area contributed by atoms with Crippen molar-refractivity contribution in [3.8, 4) is 0 Å². The van der Waals surface area contributed by atoms with Crippen molar-refractivity contribution < 1.29 is 24.5 Å². The zero-order valence-corrected chi connectivity index (χ0v) is 61.1. The molecule has 0 saturated carbocycles. The van der Waals surface area contributed by atoms with Crippen LogP contribution in [-0.4, -0.2) is 47.4 Å². The predicted molar refractivity (Wildman–Crippen MR) is 398 cm³/mol. The third-order valence-corrected chi connectivity index (χ3v) is 19.4. The van der Waals surface area contributed by atoms with Crippen molar-refractivity contribution in [3.63, 3.8) is 0 Å². The van der Waals surface area contributed by atoms with Gasteiger partial charge >= 0.3 is 5.97 Å². The van der Waals surface area contributed by atoms with E-state index in [1.165, 1.54) is 392 Å². The van der Waals surface area contributed by atoms with E-state index < -0.39 is 12.1 Å². The van der Waals surface area contributed by atoms with Gasteiger partial charge in [-0.05, 0) is 64.2 Å². The molecule has 0 aromatic carbocycles. The number of hydrogen-bond donors (Lipinski definition) is 3. The van der Waals surface area contributed by atoms with Gasteiger partial charge in [0, 0.05) is 12.8 Å². The number of aliphatic hydroxyl groups excluding tert-OH is 2. The van der Waals surface area contributed by atoms with E-state index in [1.807, 2.05) is 6.08 Å². The molecule has 0 radical (unpaired) electrons. The maximum atomic E-state index is 12.5. The van der Waals surface area contributed by atoms with Gasteiger partial charge in [-0.25, -0.2) is 0 Å². The summed E-state index contributed by atoms with van der Waals surface area (Å²) >= 11 is 0. The van der Waals surface area contributed by atoms with Gasteiger partial charge in [-0.15, -0.1) is 0 Å². The first-order chi connectivity index (χ1) is 44.5. The van der Waals surface area contributed by atoms with Crippen LogP contribution in [0.15, 0.2) is 36.5 Å². The molecule has 0 spiro atoms. The molecule has 0 bridgehead atoms. The van der Waals surface area contributed by atoms with Crippen LogP contribution in [0.2, 0.25) is 0 Å². The van der Waals surface area contributed by atoms with E-state index in [-0.39, 0.29) is 18.5 Å². The van der Waals surface area contributed by atoms with Crippen molar-refractivity contribution in [1.29, 1.82) is 0 Å². The largest absolute Gasteiger partial charge is 0.466 e. The first-order valence-corrected chi connectivity index (χ1v) is 41.3. The first-order valence-electron chi connectivity index (χ1n) is 41.3. The minimum absolute atomic E-state index is 0.0229. The molecular formula is C84H161NO5. The summed E-state index contributed by atoms with van der Waals surface area (Å²) in [4.78, 5) is 24.6. The Bertz CT molecular complexity index is 1460. The molecule has 532 valence electrons. The Labute approximate surface area is 564 Å². The number of ether oxygens (including phenoxy) is 1. The topological polar surface area (TPSA) is 95.9 Å². The fourth-order valence-electron chi connectivity index (χ4n) is 13.1. The quantitative estimate of drug-likeness (QED) is 0.0320. The average molecular weight is 1270 g/mol. The molecule has 0 saturated heterocycles. The normalized spacial score (nSPS) is 12.6. The Morgan fingerprint density at radius 1 is 0.311 bits per heavy atom. The molecule has 6 nitrogen and oxygen atoms in total. The summed E-state index contributed by atoms with van der Waals surface area (Å²) < 4.78 is 5.51. The number of esters is 1. The maximum absolute atomic E-state index is 12.5. The lowest BCUT2D eigenvalue weighted by molar-refractivity contribution is -0.143. The molecule has 90 heavy (non-hydrogen) atoms. The van der Waals surface area contributed by atoms with Gasteiger partial charge in [0.05, 0.1) is 25.4 Å². The summed E-state index contributed by atoms with van der Waals surface area (Å²) in [7, 11) is 0. The molecule has 0 aromatic heterocycles. The number of nitrogens with one attached hydrogen (secondary N) is 1. The van der Waals surface area contributed by atoms with E-state index in [4.69, 9.17) is 4.74 Å². The Morgan fingerprint density at radius 2 is 0.556 bits per heavy atom. The summed E-state index contributed by atoms with van der Waals surface area (Å²) in [5, 5.41) is 23.3. The number of carbonyl (C=O) groups excluding carboxylic acids is 2. The number of unbranched alkanes of at least 4 members (excludes halogenated alkanes) is 63. The van der Waals surface area contributed by atoms with Gasteiger partial charge in [0.2, 0.25) is 5.91 Å². The summed E-state index contributed by atoms with van der Waals surface area (Å²) in [5.41, 5.74) is 0. The third kappa shape index (κ3) is 75.1. The lowest BCUT2D eigenvalue weighted by Gasteiger charge is -2.20. The number of aliphatic hydroxyl groups is 2. The number of rotatable bonds is 78. The number of hydrogen-bond acceptors (Lipinski definition) is 5. The Morgan fingerprint density at radius 3 is 0.844 bits per heavy atom. The molecule has 3 N–H and O–H groups in total. The molecule has 1 amide bonds. The summed E-state index contributed by atoms with van der Waals surface area (Å²) in [6, 6.07) is -0.627. The van der Waals surface area contributed by atoms with Crippen molar-refractivity contribution in [2.75, 3.05) is 13.2 Å². The summed E-state index contributed by atoms with van der Waals surface area (Å²) in [6.07, 6.45) is 104. The lowest BCUT2D eigenvalue weighted by atomic mass is 10.0. The van der Waals surface area contributed by atoms with Gasteiger partial charge in [0.15, 0.2) is 0 Å². The standard InChI is InChI=1S/C84H161NO5/c1-3-5-7-9-11-13-15-17-19-21-22-42-45-48-52-56-60-64-68-72-76-82(87)81(80-86)85-83(88)77-73-69-65-61-57-53-49-46-43-40-38-36-34-32-30-28-26-24-23-25-27-29-31-33-35-37-39-41-44-47-51-55-59-63-67-71-75-79-90-84(89)78-74-70-66-62-58-54-50-20-18-16-14-12-10-8-6-4-2/h23,25,29,31,72,76,81-82,86-87H,3-22,24,26-28,30,32-71,73-75,77-80H2,1-2H3,(H,85,88)/b25-23-,31-29-,76-72+. The highest BCUT2D eigenvalue weighted by Gasteiger charge is 2.18. The van der Waals surface area contributed by atoms with E-state index >= 15 is 0 Å². The van der Waals surface area contributed by atoms with Crippen molar-refractivity contribution >= 4 is 11.9 Å². The first kappa shape index (κ1) is 88.1. The van der Waals surface area contributed by atoms with Crippen molar-refractivity contribution in [2.45, 2.75) is 475 Å². The molecule has 0 aromatic rings. The van der Waals surface area contributed by atoms with Crippen LogP contribution in [0.3, 0.4) is 0 Å². The van der Waals surface area contributed by atoms with Crippen LogP contribution in [0.1, 0.15) is 463 Å². The Kier molecular flexibility index (Phi) is 77.8. The van der Waals surface area contributed by atoms with Gasteiger partial charge in [-0.1, -0.05) is 423 Å². The van der Waals surface area contributed by atoms with Crippen LogP contribution >= 0.6 is 0 Å². The molecule has 2 unspecified atom stereocenters. The molecule has 0 aliphatic heterocycles. The number of carbonyl (C=O) groups is 2.